The second-order valence-electron chi connectivity index (χ2n) is 3.24. The van der Waals surface area contributed by atoms with Gasteiger partial charge in [0.25, 0.3) is 0 Å². The van der Waals surface area contributed by atoms with Crippen LogP contribution in [-0.4, -0.2) is 12.5 Å². The first-order valence-corrected chi connectivity index (χ1v) is 5.05. The van der Waals surface area contributed by atoms with Crippen molar-refractivity contribution in [3.8, 4) is 12.3 Å². The van der Waals surface area contributed by atoms with E-state index in [1.165, 1.54) is 0 Å². The molecule has 1 aromatic heterocycles. The Labute approximate surface area is 89.9 Å². The average molecular weight is 205 g/mol. The summed E-state index contributed by atoms with van der Waals surface area (Å²) >= 11 is 0. The monoisotopic (exact) mass is 205 g/mol. The van der Waals surface area contributed by atoms with Gasteiger partial charge in [-0.1, -0.05) is 0 Å². The van der Waals surface area contributed by atoms with Crippen molar-refractivity contribution in [2.75, 3.05) is 6.54 Å². The van der Waals surface area contributed by atoms with Gasteiger partial charge in [-0.2, -0.15) is 0 Å². The molecule has 1 N–H and O–H groups in total. The Morgan fingerprint density at radius 1 is 1.60 bits per heavy atom. The fourth-order valence-electron chi connectivity index (χ4n) is 1.20. The predicted molar refractivity (Wildman–Crippen MR) is 58.1 cm³/mol. The largest absolute Gasteiger partial charge is 0.469 e. The lowest BCUT2D eigenvalue weighted by Crippen LogP contribution is -2.24. The second-order valence-corrected chi connectivity index (χ2v) is 3.24. The number of amides is 1. The van der Waals surface area contributed by atoms with E-state index in [9.17, 15) is 4.79 Å². The molecule has 0 aliphatic heterocycles. The first-order chi connectivity index (χ1) is 7.33. The van der Waals surface area contributed by atoms with Crippen molar-refractivity contribution in [1.29, 1.82) is 0 Å². The zero-order chi connectivity index (χ0) is 10.9. The Balaban J connectivity index is 2.07. The minimum absolute atomic E-state index is 0.0448. The third kappa shape index (κ3) is 4.92. The summed E-state index contributed by atoms with van der Waals surface area (Å²) in [6.07, 6.45) is 9.36. The molecule has 0 saturated heterocycles. The first-order valence-electron chi connectivity index (χ1n) is 5.05. The summed E-state index contributed by atoms with van der Waals surface area (Å²) < 4.78 is 5.12. The quantitative estimate of drug-likeness (QED) is 0.567. The van der Waals surface area contributed by atoms with Gasteiger partial charge in [-0.3, -0.25) is 4.79 Å². The third-order valence-electron chi connectivity index (χ3n) is 2.00. The van der Waals surface area contributed by atoms with Crippen molar-refractivity contribution in [3.63, 3.8) is 0 Å². The van der Waals surface area contributed by atoms with Gasteiger partial charge in [0, 0.05) is 25.8 Å². The average Bonchev–Trinajstić information content (AvgIpc) is 2.74. The minimum atomic E-state index is 0.0448. The first kappa shape index (κ1) is 11.4. The number of carbonyl (C=O) groups excluding carboxylic acids is 1. The van der Waals surface area contributed by atoms with Crippen molar-refractivity contribution >= 4 is 5.91 Å². The number of unbranched alkanes of at least 4 members (excludes halogenated alkanes) is 1. The fourth-order valence-corrected chi connectivity index (χ4v) is 1.20. The molecule has 0 unspecified atom stereocenters. The maximum Gasteiger partial charge on any atom is 0.220 e. The number of carbonyl (C=O) groups is 1. The van der Waals surface area contributed by atoms with Gasteiger partial charge in [0.1, 0.15) is 5.76 Å². The number of furan rings is 1. The highest BCUT2D eigenvalue weighted by molar-refractivity contribution is 5.75. The van der Waals surface area contributed by atoms with E-state index in [2.05, 4.69) is 11.2 Å². The Kier molecular flexibility index (Phi) is 5.10. The van der Waals surface area contributed by atoms with Crippen LogP contribution in [0.25, 0.3) is 0 Å². The van der Waals surface area contributed by atoms with Gasteiger partial charge in [-0.15, -0.1) is 12.3 Å². The molecule has 1 aromatic rings. The number of nitrogens with one attached hydrogen (secondary N) is 1. The molecular weight excluding hydrogens is 190 g/mol. The van der Waals surface area contributed by atoms with Crippen molar-refractivity contribution in [2.45, 2.75) is 25.7 Å². The topological polar surface area (TPSA) is 42.2 Å². The van der Waals surface area contributed by atoms with E-state index >= 15 is 0 Å². The molecular formula is C12H15NO2. The van der Waals surface area contributed by atoms with Crippen LogP contribution in [0.3, 0.4) is 0 Å². The molecule has 3 heteroatoms. The van der Waals surface area contributed by atoms with Crippen molar-refractivity contribution in [3.05, 3.63) is 24.2 Å². The van der Waals surface area contributed by atoms with Gasteiger partial charge >= 0.3 is 0 Å². The molecule has 0 bridgehead atoms. The molecule has 0 saturated carbocycles. The number of terminal acetylenes is 1. The van der Waals surface area contributed by atoms with Crippen LogP contribution in [0, 0.1) is 12.3 Å². The van der Waals surface area contributed by atoms with Gasteiger partial charge in [0.15, 0.2) is 0 Å². The zero-order valence-electron chi connectivity index (χ0n) is 8.66. The van der Waals surface area contributed by atoms with Crippen LogP contribution in [-0.2, 0) is 11.2 Å². The lowest BCUT2D eigenvalue weighted by molar-refractivity contribution is -0.121. The van der Waals surface area contributed by atoms with E-state index in [1.54, 1.807) is 6.26 Å². The molecule has 0 atom stereocenters. The van der Waals surface area contributed by atoms with Crippen LogP contribution in [0.5, 0.6) is 0 Å². The molecule has 1 amide bonds. The smallest absolute Gasteiger partial charge is 0.220 e. The van der Waals surface area contributed by atoms with Crippen LogP contribution < -0.4 is 5.32 Å². The van der Waals surface area contributed by atoms with Crippen LogP contribution >= 0.6 is 0 Å². The molecule has 80 valence electrons. The minimum Gasteiger partial charge on any atom is -0.469 e. The normalized spacial score (nSPS) is 9.53. The SMILES string of the molecule is C#CCCCNC(=O)CCc1ccco1. The maximum atomic E-state index is 11.3. The Morgan fingerprint density at radius 2 is 2.47 bits per heavy atom. The van der Waals surface area contributed by atoms with Gasteiger partial charge in [0.05, 0.1) is 6.26 Å². The molecule has 0 aliphatic rings. The highest BCUT2D eigenvalue weighted by atomic mass is 16.3. The summed E-state index contributed by atoms with van der Waals surface area (Å²) in [4.78, 5) is 11.3. The second kappa shape index (κ2) is 6.72. The van der Waals surface area contributed by atoms with Gasteiger partial charge in [0.2, 0.25) is 5.91 Å². The molecule has 0 fully saturated rings. The Hall–Kier alpha value is -1.69. The number of hydrogen-bond acceptors (Lipinski definition) is 2. The highest BCUT2D eigenvalue weighted by Crippen LogP contribution is 2.03. The molecule has 0 aliphatic carbocycles. The summed E-state index contributed by atoms with van der Waals surface area (Å²) in [5, 5.41) is 2.80. The summed E-state index contributed by atoms with van der Waals surface area (Å²) in [6.45, 7) is 0.654. The molecule has 1 rings (SSSR count). The molecule has 0 radical (unpaired) electrons. The van der Waals surface area contributed by atoms with E-state index in [0.29, 0.717) is 25.8 Å². The lowest BCUT2D eigenvalue weighted by Gasteiger charge is -2.02. The third-order valence-corrected chi connectivity index (χ3v) is 2.00. The summed E-state index contributed by atoms with van der Waals surface area (Å²) in [5.41, 5.74) is 0. The molecule has 15 heavy (non-hydrogen) atoms. The van der Waals surface area contributed by atoms with E-state index in [1.807, 2.05) is 12.1 Å². The van der Waals surface area contributed by atoms with Crippen molar-refractivity contribution < 1.29 is 9.21 Å². The van der Waals surface area contributed by atoms with Gasteiger partial charge in [-0.25, -0.2) is 0 Å². The van der Waals surface area contributed by atoms with Crippen molar-refractivity contribution in [1.82, 2.24) is 5.32 Å². The number of hydrogen-bond donors (Lipinski definition) is 1. The molecule has 1 heterocycles. The lowest BCUT2D eigenvalue weighted by atomic mass is 10.2. The van der Waals surface area contributed by atoms with E-state index in [4.69, 9.17) is 10.8 Å². The predicted octanol–water partition coefficient (Wildman–Crippen LogP) is 1.74. The van der Waals surface area contributed by atoms with E-state index < -0.39 is 0 Å². The summed E-state index contributed by atoms with van der Waals surface area (Å²) in [7, 11) is 0. The van der Waals surface area contributed by atoms with Crippen LogP contribution in [0.1, 0.15) is 25.0 Å². The van der Waals surface area contributed by atoms with E-state index in [0.717, 1.165) is 12.2 Å². The van der Waals surface area contributed by atoms with Crippen LogP contribution in [0.4, 0.5) is 0 Å². The van der Waals surface area contributed by atoms with Crippen LogP contribution in [0.2, 0.25) is 0 Å². The highest BCUT2D eigenvalue weighted by Gasteiger charge is 2.02. The molecule has 3 nitrogen and oxygen atoms in total. The number of aryl methyl sites for hydroxylation is 1. The standard InChI is InChI=1S/C12H15NO2/c1-2-3-4-9-13-12(14)8-7-11-6-5-10-15-11/h1,5-6,10H,3-4,7-9H2,(H,13,14). The summed E-state index contributed by atoms with van der Waals surface area (Å²) in [5.74, 6) is 3.42. The van der Waals surface area contributed by atoms with E-state index in [-0.39, 0.29) is 5.91 Å². The van der Waals surface area contributed by atoms with Gasteiger partial charge < -0.3 is 9.73 Å². The zero-order valence-corrected chi connectivity index (χ0v) is 8.66. The molecule has 0 aromatic carbocycles. The van der Waals surface area contributed by atoms with Crippen LogP contribution in [0.15, 0.2) is 22.8 Å². The maximum absolute atomic E-state index is 11.3. The summed E-state index contributed by atoms with van der Waals surface area (Å²) in [6, 6.07) is 3.69. The Morgan fingerprint density at radius 3 is 3.13 bits per heavy atom. The molecule has 0 spiro atoms. The van der Waals surface area contributed by atoms with Crippen molar-refractivity contribution in [2.24, 2.45) is 0 Å². The van der Waals surface area contributed by atoms with Gasteiger partial charge in [-0.05, 0) is 18.6 Å². The Bertz CT molecular complexity index is 322. The fraction of sp³-hybridized carbons (Fsp3) is 0.417. The number of rotatable bonds is 6.